The Morgan fingerprint density at radius 1 is 1.00 bits per heavy atom. The zero-order valence-corrected chi connectivity index (χ0v) is 17.1. The van der Waals surface area contributed by atoms with Crippen molar-refractivity contribution < 1.29 is 13.2 Å². The van der Waals surface area contributed by atoms with Crippen molar-refractivity contribution in [2.24, 2.45) is 0 Å². The van der Waals surface area contributed by atoms with E-state index in [1.165, 1.54) is 0 Å². The monoisotopic (exact) mass is 394 g/mol. The van der Waals surface area contributed by atoms with Gasteiger partial charge in [-0.1, -0.05) is 6.07 Å². The molecule has 2 fully saturated rings. The van der Waals surface area contributed by atoms with E-state index in [2.05, 4.69) is 10.2 Å². The molecule has 2 aliphatic heterocycles. The fourth-order valence-electron chi connectivity index (χ4n) is 3.54. The largest absolute Gasteiger partial charge is 0.340 e. The fourth-order valence-corrected chi connectivity index (χ4v) is 5.05. The molecule has 0 aliphatic carbocycles. The van der Waals surface area contributed by atoms with E-state index in [1.807, 2.05) is 24.8 Å². The van der Waals surface area contributed by atoms with Gasteiger partial charge in [0.2, 0.25) is 15.9 Å². The third-order valence-corrected chi connectivity index (χ3v) is 7.45. The molecule has 1 amide bonds. The summed E-state index contributed by atoms with van der Waals surface area (Å²) >= 11 is 0. The zero-order chi connectivity index (χ0) is 19.4. The van der Waals surface area contributed by atoms with E-state index < -0.39 is 10.0 Å². The molecule has 0 saturated carbocycles. The number of carbonyl (C=O) groups is 1. The molecule has 0 atom stereocenters. The molecule has 3 rings (SSSR count). The summed E-state index contributed by atoms with van der Waals surface area (Å²) in [4.78, 5) is 16.7. The molecule has 2 heterocycles. The number of hydrogen-bond donors (Lipinski definition) is 1. The van der Waals surface area contributed by atoms with Gasteiger partial charge in [-0.3, -0.25) is 4.79 Å². The van der Waals surface area contributed by atoms with Crippen LogP contribution in [0.3, 0.4) is 0 Å². The Bertz CT molecular complexity index is 767. The SMILES string of the molecule is Cc1ccc(S(=O)(=O)N2CCN(CCC(=O)N3CCNCC3)CC2)cc1C. The summed E-state index contributed by atoms with van der Waals surface area (Å²) < 4.78 is 27.3. The molecule has 0 radical (unpaired) electrons. The van der Waals surface area contributed by atoms with Gasteiger partial charge in [0.25, 0.3) is 0 Å². The van der Waals surface area contributed by atoms with Gasteiger partial charge < -0.3 is 15.1 Å². The average Bonchev–Trinajstić information content (AvgIpc) is 2.69. The van der Waals surface area contributed by atoms with Crippen molar-refractivity contribution in [1.29, 1.82) is 0 Å². The maximum absolute atomic E-state index is 12.9. The molecule has 27 heavy (non-hydrogen) atoms. The smallest absolute Gasteiger partial charge is 0.243 e. The molecule has 0 bridgehead atoms. The Labute approximate surface area is 162 Å². The number of benzene rings is 1. The number of nitrogens with one attached hydrogen (secondary N) is 1. The highest BCUT2D eigenvalue weighted by Crippen LogP contribution is 2.20. The van der Waals surface area contributed by atoms with Crippen LogP contribution in [0.2, 0.25) is 0 Å². The number of carbonyl (C=O) groups excluding carboxylic acids is 1. The van der Waals surface area contributed by atoms with Gasteiger partial charge in [0.1, 0.15) is 0 Å². The van der Waals surface area contributed by atoms with Crippen LogP contribution in [0.1, 0.15) is 17.5 Å². The minimum Gasteiger partial charge on any atom is -0.340 e. The number of aryl methyl sites for hydroxylation is 2. The van der Waals surface area contributed by atoms with Crippen LogP contribution in [-0.4, -0.2) is 87.3 Å². The first-order chi connectivity index (χ1) is 12.9. The van der Waals surface area contributed by atoms with Gasteiger partial charge in [0, 0.05) is 65.3 Å². The Hall–Kier alpha value is -1.48. The second-order valence-corrected chi connectivity index (χ2v) is 9.31. The summed E-state index contributed by atoms with van der Waals surface area (Å²) in [5.41, 5.74) is 2.08. The van der Waals surface area contributed by atoms with Crippen molar-refractivity contribution >= 4 is 15.9 Å². The van der Waals surface area contributed by atoms with Crippen LogP contribution < -0.4 is 5.32 Å². The second-order valence-electron chi connectivity index (χ2n) is 7.37. The lowest BCUT2D eigenvalue weighted by Crippen LogP contribution is -2.50. The van der Waals surface area contributed by atoms with Crippen LogP contribution in [0.15, 0.2) is 23.1 Å². The molecule has 2 aliphatic rings. The normalized spacial score (nSPS) is 20.0. The predicted octanol–water partition coefficient (Wildman–Crippen LogP) is 0.432. The van der Waals surface area contributed by atoms with Gasteiger partial charge in [-0.15, -0.1) is 0 Å². The number of rotatable bonds is 5. The fraction of sp³-hybridized carbons (Fsp3) is 0.632. The molecule has 0 aromatic heterocycles. The molecule has 150 valence electrons. The first-order valence-corrected chi connectivity index (χ1v) is 11.1. The first-order valence-electron chi connectivity index (χ1n) is 9.66. The van der Waals surface area contributed by atoms with Crippen LogP contribution >= 0.6 is 0 Å². The van der Waals surface area contributed by atoms with E-state index in [0.717, 1.165) is 37.3 Å². The average molecular weight is 395 g/mol. The summed E-state index contributed by atoms with van der Waals surface area (Å²) in [5, 5.41) is 3.25. The van der Waals surface area contributed by atoms with Gasteiger partial charge in [-0.2, -0.15) is 4.31 Å². The standard InChI is InChI=1S/C19H30N4O3S/c1-16-3-4-18(15-17(16)2)27(25,26)23-13-11-21(12-14-23)8-5-19(24)22-9-6-20-7-10-22/h3-4,15,20H,5-14H2,1-2H3. The van der Waals surface area contributed by atoms with Crippen LogP contribution in [-0.2, 0) is 14.8 Å². The van der Waals surface area contributed by atoms with Crippen molar-refractivity contribution in [3.63, 3.8) is 0 Å². The molecule has 2 saturated heterocycles. The van der Waals surface area contributed by atoms with E-state index in [1.54, 1.807) is 16.4 Å². The minimum absolute atomic E-state index is 0.196. The summed E-state index contributed by atoms with van der Waals surface area (Å²) in [6, 6.07) is 5.31. The predicted molar refractivity (Wildman–Crippen MR) is 105 cm³/mol. The summed E-state index contributed by atoms with van der Waals surface area (Å²) in [6.07, 6.45) is 0.504. The maximum Gasteiger partial charge on any atom is 0.243 e. The highest BCUT2D eigenvalue weighted by Gasteiger charge is 2.29. The molecular formula is C19H30N4O3S. The van der Waals surface area contributed by atoms with Crippen molar-refractivity contribution in [2.75, 3.05) is 58.9 Å². The third kappa shape index (κ3) is 4.87. The molecule has 1 aromatic rings. The van der Waals surface area contributed by atoms with Crippen molar-refractivity contribution in [1.82, 2.24) is 19.4 Å². The molecule has 0 unspecified atom stereocenters. The molecule has 0 spiro atoms. The van der Waals surface area contributed by atoms with E-state index in [4.69, 9.17) is 0 Å². The number of nitrogens with zero attached hydrogens (tertiary/aromatic N) is 3. The lowest BCUT2D eigenvalue weighted by Gasteiger charge is -2.34. The van der Waals surface area contributed by atoms with E-state index in [0.29, 0.717) is 44.0 Å². The van der Waals surface area contributed by atoms with Crippen molar-refractivity contribution in [2.45, 2.75) is 25.2 Å². The molecular weight excluding hydrogens is 364 g/mol. The van der Waals surface area contributed by atoms with E-state index in [9.17, 15) is 13.2 Å². The Kier molecular flexibility index (Phi) is 6.52. The minimum atomic E-state index is -3.45. The van der Waals surface area contributed by atoms with E-state index >= 15 is 0 Å². The van der Waals surface area contributed by atoms with Crippen LogP contribution in [0, 0.1) is 13.8 Å². The highest BCUT2D eigenvalue weighted by atomic mass is 32.2. The zero-order valence-electron chi connectivity index (χ0n) is 16.3. The molecule has 7 nitrogen and oxygen atoms in total. The van der Waals surface area contributed by atoms with Gasteiger partial charge in [0.15, 0.2) is 0 Å². The van der Waals surface area contributed by atoms with Gasteiger partial charge in [-0.25, -0.2) is 8.42 Å². The Balaban J connectivity index is 1.50. The molecule has 1 N–H and O–H groups in total. The highest BCUT2D eigenvalue weighted by molar-refractivity contribution is 7.89. The van der Waals surface area contributed by atoms with Gasteiger partial charge in [-0.05, 0) is 37.1 Å². The van der Waals surface area contributed by atoms with Crippen LogP contribution in [0.25, 0.3) is 0 Å². The van der Waals surface area contributed by atoms with Crippen molar-refractivity contribution in [3.8, 4) is 0 Å². The van der Waals surface area contributed by atoms with Crippen LogP contribution in [0.5, 0.6) is 0 Å². The van der Waals surface area contributed by atoms with Crippen LogP contribution in [0.4, 0.5) is 0 Å². The lowest BCUT2D eigenvalue weighted by molar-refractivity contribution is -0.132. The Morgan fingerprint density at radius 2 is 1.67 bits per heavy atom. The maximum atomic E-state index is 12.9. The topological polar surface area (TPSA) is 73.0 Å². The Morgan fingerprint density at radius 3 is 2.30 bits per heavy atom. The number of amides is 1. The quantitative estimate of drug-likeness (QED) is 0.784. The number of piperazine rings is 2. The summed E-state index contributed by atoms with van der Waals surface area (Å²) in [5.74, 6) is 0.196. The lowest BCUT2D eigenvalue weighted by atomic mass is 10.1. The van der Waals surface area contributed by atoms with Crippen molar-refractivity contribution in [3.05, 3.63) is 29.3 Å². The third-order valence-electron chi connectivity index (χ3n) is 5.56. The van der Waals surface area contributed by atoms with Gasteiger partial charge in [0.05, 0.1) is 4.90 Å². The summed E-state index contributed by atoms with van der Waals surface area (Å²) in [7, 11) is -3.45. The molecule has 1 aromatic carbocycles. The van der Waals surface area contributed by atoms with Gasteiger partial charge >= 0.3 is 0 Å². The first kappa shape index (κ1) is 20.3. The van der Waals surface area contributed by atoms with E-state index in [-0.39, 0.29) is 5.91 Å². The second kappa shape index (κ2) is 8.68. The number of hydrogen-bond acceptors (Lipinski definition) is 5. The molecule has 8 heteroatoms. The summed E-state index contributed by atoms with van der Waals surface area (Å²) in [6.45, 7) is 10.2. The number of sulfonamides is 1.